The summed E-state index contributed by atoms with van der Waals surface area (Å²) >= 11 is 7.65. The molecule has 0 heterocycles. The van der Waals surface area contributed by atoms with Crippen molar-refractivity contribution in [2.75, 3.05) is 18.6 Å². The minimum atomic E-state index is -0.428. The van der Waals surface area contributed by atoms with Crippen LogP contribution in [0.25, 0.3) is 0 Å². The maximum Gasteiger partial charge on any atom is 0.282 e. The van der Waals surface area contributed by atoms with Gasteiger partial charge in [-0.15, -0.1) is 11.8 Å². The Bertz CT molecular complexity index is 709. The molecule has 2 aromatic rings. The van der Waals surface area contributed by atoms with Crippen molar-refractivity contribution in [1.29, 1.82) is 0 Å². The second-order valence-electron chi connectivity index (χ2n) is 5.71. The Morgan fingerprint density at radius 2 is 1.96 bits per heavy atom. The Hall–Kier alpha value is -1.56. The molecule has 1 amide bonds. The Balaban J connectivity index is 1.98. The predicted molar refractivity (Wildman–Crippen MR) is 98.3 cm³/mol. The van der Waals surface area contributed by atoms with E-state index in [-0.39, 0.29) is 17.0 Å². The van der Waals surface area contributed by atoms with Gasteiger partial charge in [0.2, 0.25) is 0 Å². The summed E-state index contributed by atoms with van der Waals surface area (Å²) in [5.74, 6) is -0.579. The molecule has 0 spiro atoms. The first-order chi connectivity index (χ1) is 11.4. The lowest BCUT2D eigenvalue weighted by Crippen LogP contribution is -3.12. The van der Waals surface area contributed by atoms with Crippen LogP contribution < -0.4 is 10.2 Å². The van der Waals surface area contributed by atoms with Crippen LogP contribution in [0, 0.1) is 5.82 Å². The van der Waals surface area contributed by atoms with E-state index in [2.05, 4.69) is 29.6 Å². The highest BCUT2D eigenvalue weighted by Gasteiger charge is 2.22. The summed E-state index contributed by atoms with van der Waals surface area (Å²) in [6.07, 6.45) is 2.04. The fourth-order valence-electron chi connectivity index (χ4n) is 2.27. The number of likely N-dealkylation sites (N-methyl/N-ethyl adjacent to an activating group) is 1. The maximum absolute atomic E-state index is 13.1. The standard InChI is InChI=1S/C18H20ClFN2OS/c1-12(18(23)21-17-9-6-14(20)10-16(17)19)22(2)11-13-4-7-15(24-3)8-5-13/h4-10,12H,11H2,1-3H3,(H,21,23)/p+1/t12-/m1/s1. The van der Waals surface area contributed by atoms with Gasteiger partial charge in [-0.2, -0.15) is 0 Å². The molecular formula is C18H21ClFN2OS+. The van der Waals surface area contributed by atoms with Crippen molar-refractivity contribution in [2.45, 2.75) is 24.4 Å². The minimum Gasteiger partial charge on any atom is -0.324 e. The van der Waals surface area contributed by atoms with Gasteiger partial charge >= 0.3 is 0 Å². The lowest BCUT2D eigenvalue weighted by molar-refractivity contribution is -0.907. The van der Waals surface area contributed by atoms with Gasteiger partial charge in [0, 0.05) is 10.5 Å². The molecule has 128 valence electrons. The second-order valence-corrected chi connectivity index (χ2v) is 6.99. The van der Waals surface area contributed by atoms with E-state index >= 15 is 0 Å². The first-order valence-corrected chi connectivity index (χ1v) is 9.22. The van der Waals surface area contributed by atoms with Gasteiger partial charge in [-0.25, -0.2) is 4.39 Å². The van der Waals surface area contributed by atoms with Gasteiger partial charge in [0.1, 0.15) is 12.4 Å². The summed E-state index contributed by atoms with van der Waals surface area (Å²) < 4.78 is 13.1. The third-order valence-electron chi connectivity index (χ3n) is 3.96. The van der Waals surface area contributed by atoms with Gasteiger partial charge in [0.25, 0.3) is 5.91 Å². The molecule has 6 heteroatoms. The zero-order valence-electron chi connectivity index (χ0n) is 13.9. The van der Waals surface area contributed by atoms with E-state index in [1.54, 1.807) is 11.8 Å². The topological polar surface area (TPSA) is 33.5 Å². The van der Waals surface area contributed by atoms with Gasteiger partial charge in [0.05, 0.1) is 17.8 Å². The van der Waals surface area contributed by atoms with E-state index in [0.717, 1.165) is 11.4 Å². The molecule has 0 radical (unpaired) electrons. The lowest BCUT2D eigenvalue weighted by atomic mass is 10.2. The van der Waals surface area contributed by atoms with E-state index in [1.165, 1.54) is 28.7 Å². The molecule has 3 nitrogen and oxygen atoms in total. The highest BCUT2D eigenvalue weighted by atomic mass is 35.5. The van der Waals surface area contributed by atoms with Crippen LogP contribution in [0.15, 0.2) is 47.4 Å². The molecule has 0 aliphatic rings. The molecule has 1 unspecified atom stereocenters. The molecule has 0 aromatic heterocycles. The van der Waals surface area contributed by atoms with Crippen molar-refractivity contribution in [2.24, 2.45) is 0 Å². The molecular weight excluding hydrogens is 347 g/mol. The van der Waals surface area contributed by atoms with Gasteiger partial charge in [0.15, 0.2) is 6.04 Å². The average Bonchev–Trinajstić information content (AvgIpc) is 2.57. The number of thioether (sulfide) groups is 1. The van der Waals surface area contributed by atoms with E-state index in [4.69, 9.17) is 11.6 Å². The fourth-order valence-corrected chi connectivity index (χ4v) is 2.90. The number of hydrogen-bond donors (Lipinski definition) is 2. The van der Waals surface area contributed by atoms with Crippen LogP contribution in [0.1, 0.15) is 12.5 Å². The van der Waals surface area contributed by atoms with Crippen LogP contribution in [0.2, 0.25) is 5.02 Å². The number of carbonyl (C=O) groups is 1. The number of anilines is 1. The summed E-state index contributed by atoms with van der Waals surface area (Å²) in [7, 11) is 1.97. The highest BCUT2D eigenvalue weighted by molar-refractivity contribution is 7.98. The number of quaternary nitrogens is 1. The highest BCUT2D eigenvalue weighted by Crippen LogP contribution is 2.22. The fraction of sp³-hybridized carbons (Fsp3) is 0.278. The SMILES string of the molecule is CSc1ccc(C[NH+](C)[C@H](C)C(=O)Nc2ccc(F)cc2Cl)cc1. The molecule has 0 fully saturated rings. The van der Waals surface area contributed by atoms with Gasteiger partial charge in [-0.1, -0.05) is 23.7 Å². The number of hydrogen-bond acceptors (Lipinski definition) is 2. The quantitative estimate of drug-likeness (QED) is 0.768. The van der Waals surface area contributed by atoms with Crippen LogP contribution in [-0.2, 0) is 11.3 Å². The number of amides is 1. The molecule has 0 aliphatic heterocycles. The number of benzene rings is 2. The Kier molecular flexibility index (Phi) is 6.66. The summed E-state index contributed by atoms with van der Waals surface area (Å²) in [6, 6.07) is 12.0. The summed E-state index contributed by atoms with van der Waals surface area (Å²) in [6.45, 7) is 2.60. The van der Waals surface area contributed by atoms with E-state index in [9.17, 15) is 9.18 Å². The molecule has 0 saturated carbocycles. The van der Waals surface area contributed by atoms with Crippen LogP contribution in [0.5, 0.6) is 0 Å². The van der Waals surface area contributed by atoms with Crippen LogP contribution in [0.4, 0.5) is 10.1 Å². The average molecular weight is 368 g/mol. The van der Waals surface area contributed by atoms with E-state index < -0.39 is 5.82 Å². The molecule has 0 bridgehead atoms. The normalized spacial score (nSPS) is 13.4. The molecule has 2 atom stereocenters. The second kappa shape index (κ2) is 8.51. The molecule has 0 aliphatic carbocycles. The van der Waals surface area contributed by atoms with E-state index in [0.29, 0.717) is 5.69 Å². The number of carbonyl (C=O) groups excluding carboxylic acids is 1. The predicted octanol–water partition coefficient (Wildman–Crippen LogP) is 3.24. The Morgan fingerprint density at radius 3 is 2.54 bits per heavy atom. The van der Waals surface area contributed by atoms with Gasteiger partial charge in [-0.05, 0) is 43.5 Å². The van der Waals surface area contributed by atoms with Crippen molar-refractivity contribution in [3.05, 3.63) is 58.9 Å². The zero-order chi connectivity index (χ0) is 17.7. The van der Waals surface area contributed by atoms with Crippen molar-refractivity contribution in [3.63, 3.8) is 0 Å². The Labute approximate surface area is 151 Å². The van der Waals surface area contributed by atoms with E-state index in [1.807, 2.05) is 20.2 Å². The molecule has 0 saturated heterocycles. The smallest absolute Gasteiger partial charge is 0.282 e. The minimum absolute atomic E-state index is 0.151. The summed E-state index contributed by atoms with van der Waals surface area (Å²) in [4.78, 5) is 14.7. The third-order valence-corrected chi connectivity index (χ3v) is 5.02. The summed E-state index contributed by atoms with van der Waals surface area (Å²) in [5.41, 5.74) is 1.59. The van der Waals surface area contributed by atoms with Crippen molar-refractivity contribution >= 4 is 35.0 Å². The monoisotopic (exact) mass is 367 g/mol. The number of rotatable bonds is 6. The van der Waals surface area contributed by atoms with Crippen LogP contribution >= 0.6 is 23.4 Å². The van der Waals surface area contributed by atoms with Crippen LogP contribution in [-0.4, -0.2) is 25.3 Å². The van der Waals surface area contributed by atoms with Gasteiger partial charge < -0.3 is 10.2 Å². The lowest BCUT2D eigenvalue weighted by Gasteiger charge is -2.21. The van der Waals surface area contributed by atoms with Crippen molar-refractivity contribution in [3.8, 4) is 0 Å². The molecule has 24 heavy (non-hydrogen) atoms. The zero-order valence-corrected chi connectivity index (χ0v) is 15.5. The third kappa shape index (κ3) is 4.97. The van der Waals surface area contributed by atoms with Crippen molar-refractivity contribution < 1.29 is 14.1 Å². The number of halogens is 2. The largest absolute Gasteiger partial charge is 0.324 e. The summed E-state index contributed by atoms with van der Waals surface area (Å²) in [5, 5.41) is 2.96. The van der Waals surface area contributed by atoms with Crippen molar-refractivity contribution in [1.82, 2.24) is 0 Å². The van der Waals surface area contributed by atoms with Gasteiger partial charge in [-0.3, -0.25) is 4.79 Å². The molecule has 2 N–H and O–H groups in total. The van der Waals surface area contributed by atoms with Crippen LogP contribution in [0.3, 0.4) is 0 Å². The molecule has 2 aromatic carbocycles. The first-order valence-electron chi connectivity index (χ1n) is 7.62. The Morgan fingerprint density at radius 1 is 1.29 bits per heavy atom. The first kappa shape index (κ1) is 18.8. The maximum atomic E-state index is 13.1. The number of nitrogens with one attached hydrogen (secondary N) is 2. The molecule has 2 rings (SSSR count).